The highest BCUT2D eigenvalue weighted by atomic mass is 35.5. The molecule has 2 N–H and O–H groups in total. The lowest BCUT2D eigenvalue weighted by Gasteiger charge is -2.24. The minimum absolute atomic E-state index is 0.00965. The van der Waals surface area contributed by atoms with Gasteiger partial charge in [0.05, 0.1) is 16.3 Å². The molecule has 0 aliphatic carbocycles. The standard InChI is InChI=1S/C23H23ClN2O4S/c1-2-3-14-26(19-9-5-4-6-10-19)31(29,30)20-11-7-8-17(15-20)23(28)25-21-16-18(24)12-13-22(21)27/h4-13,15-16,27H,2-3,14H2,1H3,(H,25,28). The van der Waals surface area contributed by atoms with E-state index >= 15 is 0 Å². The van der Waals surface area contributed by atoms with E-state index < -0.39 is 15.9 Å². The van der Waals surface area contributed by atoms with Crippen molar-refractivity contribution in [2.75, 3.05) is 16.2 Å². The molecule has 0 saturated carbocycles. The lowest BCUT2D eigenvalue weighted by Crippen LogP contribution is -2.32. The fourth-order valence-electron chi connectivity index (χ4n) is 3.01. The second-order valence-corrected chi connectivity index (χ2v) is 9.21. The lowest BCUT2D eigenvalue weighted by atomic mass is 10.2. The molecule has 0 saturated heterocycles. The van der Waals surface area contributed by atoms with Crippen LogP contribution in [0.3, 0.4) is 0 Å². The van der Waals surface area contributed by atoms with Gasteiger partial charge in [-0.2, -0.15) is 0 Å². The maximum atomic E-state index is 13.4. The van der Waals surface area contributed by atoms with Crippen molar-refractivity contribution < 1.29 is 18.3 Å². The zero-order chi connectivity index (χ0) is 22.4. The van der Waals surface area contributed by atoms with E-state index in [1.54, 1.807) is 24.3 Å². The van der Waals surface area contributed by atoms with Gasteiger partial charge in [0.15, 0.2) is 0 Å². The summed E-state index contributed by atoms with van der Waals surface area (Å²) in [5.74, 6) is -0.703. The van der Waals surface area contributed by atoms with Crippen LogP contribution in [0.25, 0.3) is 0 Å². The Kier molecular flexibility index (Phi) is 7.20. The molecule has 0 aliphatic heterocycles. The molecule has 6 nitrogen and oxygen atoms in total. The molecule has 1 amide bonds. The number of hydrogen-bond acceptors (Lipinski definition) is 4. The largest absolute Gasteiger partial charge is 0.506 e. The van der Waals surface area contributed by atoms with Crippen LogP contribution in [0.15, 0.2) is 77.7 Å². The Hall–Kier alpha value is -3.03. The van der Waals surface area contributed by atoms with Gasteiger partial charge in [0.1, 0.15) is 5.75 Å². The van der Waals surface area contributed by atoms with Gasteiger partial charge >= 0.3 is 0 Å². The van der Waals surface area contributed by atoms with Gasteiger partial charge in [-0.3, -0.25) is 9.10 Å². The number of nitrogens with zero attached hydrogens (tertiary/aromatic N) is 1. The van der Waals surface area contributed by atoms with E-state index in [2.05, 4.69) is 5.32 Å². The molecule has 0 aromatic heterocycles. The maximum Gasteiger partial charge on any atom is 0.264 e. The first kappa shape index (κ1) is 22.7. The third kappa shape index (κ3) is 5.37. The van der Waals surface area contributed by atoms with Crippen molar-refractivity contribution in [2.45, 2.75) is 24.7 Å². The van der Waals surface area contributed by atoms with Crippen molar-refractivity contribution >= 4 is 38.9 Å². The van der Waals surface area contributed by atoms with Crippen molar-refractivity contribution in [2.24, 2.45) is 0 Å². The van der Waals surface area contributed by atoms with E-state index in [0.29, 0.717) is 23.7 Å². The zero-order valence-corrected chi connectivity index (χ0v) is 18.5. The first-order valence-corrected chi connectivity index (χ1v) is 11.6. The number of phenols is 1. The van der Waals surface area contributed by atoms with E-state index in [1.165, 1.54) is 46.8 Å². The van der Waals surface area contributed by atoms with Gasteiger partial charge in [-0.15, -0.1) is 0 Å². The Morgan fingerprint density at radius 1 is 1.03 bits per heavy atom. The number of halogens is 1. The van der Waals surface area contributed by atoms with Crippen molar-refractivity contribution in [3.05, 3.63) is 83.4 Å². The molecule has 3 aromatic carbocycles. The first-order valence-electron chi connectivity index (χ1n) is 9.80. The van der Waals surface area contributed by atoms with Crippen LogP contribution in [0.1, 0.15) is 30.1 Å². The predicted octanol–water partition coefficient (Wildman–Crippen LogP) is 5.29. The van der Waals surface area contributed by atoms with Gasteiger partial charge in [-0.05, 0) is 55.0 Å². The number of nitrogens with one attached hydrogen (secondary N) is 1. The van der Waals surface area contributed by atoms with Crippen LogP contribution in [0.4, 0.5) is 11.4 Å². The fraction of sp³-hybridized carbons (Fsp3) is 0.174. The highest BCUT2D eigenvalue weighted by Gasteiger charge is 2.25. The Labute approximate surface area is 187 Å². The minimum Gasteiger partial charge on any atom is -0.506 e. The number of aromatic hydroxyl groups is 1. The predicted molar refractivity (Wildman–Crippen MR) is 123 cm³/mol. The number of para-hydroxylation sites is 1. The molecule has 0 radical (unpaired) electrons. The average molecular weight is 459 g/mol. The van der Waals surface area contributed by atoms with Crippen molar-refractivity contribution in [3.63, 3.8) is 0 Å². The van der Waals surface area contributed by atoms with E-state index in [4.69, 9.17) is 11.6 Å². The van der Waals surface area contributed by atoms with Crippen LogP contribution in [0, 0.1) is 0 Å². The van der Waals surface area contributed by atoms with Gasteiger partial charge in [0.25, 0.3) is 15.9 Å². The van der Waals surface area contributed by atoms with E-state index in [-0.39, 0.29) is 21.9 Å². The van der Waals surface area contributed by atoms with E-state index in [9.17, 15) is 18.3 Å². The summed E-state index contributed by atoms with van der Waals surface area (Å²) in [6.07, 6.45) is 1.53. The van der Waals surface area contributed by atoms with E-state index in [0.717, 1.165) is 6.42 Å². The molecular formula is C23H23ClN2O4S. The molecule has 0 bridgehead atoms. The number of phenolic OH excluding ortho intramolecular Hbond substituents is 1. The summed E-state index contributed by atoms with van der Waals surface area (Å²) in [5.41, 5.74) is 0.846. The van der Waals surface area contributed by atoms with Crippen LogP contribution in [0.2, 0.25) is 5.02 Å². The van der Waals surface area contributed by atoms with E-state index in [1.807, 2.05) is 13.0 Å². The molecule has 0 heterocycles. The van der Waals surface area contributed by atoms with Crippen LogP contribution in [-0.2, 0) is 10.0 Å². The second-order valence-electron chi connectivity index (χ2n) is 6.91. The van der Waals surface area contributed by atoms with Crippen LogP contribution < -0.4 is 9.62 Å². The quantitative estimate of drug-likeness (QED) is 0.449. The first-order chi connectivity index (χ1) is 14.8. The van der Waals surface area contributed by atoms with Gasteiger partial charge in [-0.25, -0.2) is 8.42 Å². The Balaban J connectivity index is 1.92. The van der Waals surface area contributed by atoms with Crippen molar-refractivity contribution in [3.8, 4) is 5.75 Å². The topological polar surface area (TPSA) is 86.7 Å². The summed E-state index contributed by atoms with van der Waals surface area (Å²) in [7, 11) is -3.89. The molecular weight excluding hydrogens is 436 g/mol. The Morgan fingerprint density at radius 3 is 2.48 bits per heavy atom. The number of unbranched alkanes of at least 4 members (excludes halogenated alkanes) is 1. The minimum atomic E-state index is -3.89. The second kappa shape index (κ2) is 9.85. The molecule has 0 aliphatic rings. The summed E-state index contributed by atoms with van der Waals surface area (Å²) in [6, 6.07) is 19.0. The summed E-state index contributed by atoms with van der Waals surface area (Å²) in [4.78, 5) is 12.7. The highest BCUT2D eigenvalue weighted by Crippen LogP contribution is 2.28. The number of hydrogen-bond donors (Lipinski definition) is 2. The molecule has 0 fully saturated rings. The molecule has 0 unspecified atom stereocenters. The third-order valence-corrected chi connectivity index (χ3v) is 6.71. The van der Waals surface area contributed by atoms with Crippen LogP contribution >= 0.6 is 11.6 Å². The molecule has 162 valence electrons. The average Bonchev–Trinajstić information content (AvgIpc) is 2.77. The molecule has 8 heteroatoms. The van der Waals surface area contributed by atoms with Crippen LogP contribution in [0.5, 0.6) is 5.75 Å². The number of carbonyl (C=O) groups excluding carboxylic acids is 1. The maximum absolute atomic E-state index is 13.4. The smallest absolute Gasteiger partial charge is 0.264 e. The number of rotatable bonds is 8. The number of amides is 1. The van der Waals surface area contributed by atoms with Gasteiger partial charge < -0.3 is 10.4 Å². The molecule has 31 heavy (non-hydrogen) atoms. The number of benzene rings is 3. The fourth-order valence-corrected chi connectivity index (χ4v) is 4.73. The summed E-state index contributed by atoms with van der Waals surface area (Å²) in [5, 5.41) is 12.8. The van der Waals surface area contributed by atoms with Gasteiger partial charge in [0, 0.05) is 17.1 Å². The summed E-state index contributed by atoms with van der Waals surface area (Å²) in [6.45, 7) is 2.32. The molecule has 0 atom stereocenters. The number of sulfonamides is 1. The number of anilines is 2. The molecule has 0 spiro atoms. The van der Waals surface area contributed by atoms with Gasteiger partial charge in [-0.1, -0.05) is 49.2 Å². The SMILES string of the molecule is CCCCN(c1ccccc1)S(=O)(=O)c1cccc(C(=O)Nc2cc(Cl)ccc2O)c1. The lowest BCUT2D eigenvalue weighted by molar-refractivity contribution is 0.102. The highest BCUT2D eigenvalue weighted by molar-refractivity contribution is 7.92. The van der Waals surface area contributed by atoms with Gasteiger partial charge in [0.2, 0.25) is 0 Å². The monoisotopic (exact) mass is 458 g/mol. The molecule has 3 aromatic rings. The molecule has 3 rings (SSSR count). The zero-order valence-electron chi connectivity index (χ0n) is 17.0. The Morgan fingerprint density at radius 2 is 1.77 bits per heavy atom. The summed E-state index contributed by atoms with van der Waals surface area (Å²) >= 11 is 5.92. The Bertz CT molecular complexity index is 1170. The third-order valence-electron chi connectivity index (χ3n) is 4.65. The van der Waals surface area contributed by atoms with Crippen LogP contribution in [-0.4, -0.2) is 26.0 Å². The van der Waals surface area contributed by atoms with Crippen molar-refractivity contribution in [1.82, 2.24) is 0 Å². The summed E-state index contributed by atoms with van der Waals surface area (Å²) < 4.78 is 28.2. The number of carbonyl (C=O) groups is 1. The van der Waals surface area contributed by atoms with Crippen molar-refractivity contribution in [1.29, 1.82) is 0 Å². The normalized spacial score (nSPS) is 11.2.